The van der Waals surface area contributed by atoms with Crippen molar-refractivity contribution in [3.8, 4) is 0 Å². The summed E-state index contributed by atoms with van der Waals surface area (Å²) in [5.41, 5.74) is -1.78. The Morgan fingerprint density at radius 1 is 1.06 bits per heavy atom. The maximum absolute atomic E-state index is 15.8. The molecule has 2 heterocycles. The number of esters is 2. The van der Waals surface area contributed by atoms with E-state index in [9.17, 15) is 14.4 Å². The lowest BCUT2D eigenvalue weighted by Gasteiger charge is -2.32. The molecule has 0 radical (unpaired) electrons. The van der Waals surface area contributed by atoms with Crippen LogP contribution in [0.4, 0.5) is 4.39 Å². The van der Waals surface area contributed by atoms with Crippen LogP contribution in [0.15, 0.2) is 77.7 Å². The molecule has 1 aliphatic heterocycles. The fourth-order valence-corrected chi connectivity index (χ4v) is 3.96. The summed E-state index contributed by atoms with van der Waals surface area (Å²) in [5, 5.41) is 0. The van der Waals surface area contributed by atoms with Gasteiger partial charge in [0, 0.05) is 12.3 Å². The Labute approximate surface area is 198 Å². The van der Waals surface area contributed by atoms with Crippen molar-refractivity contribution in [1.82, 2.24) is 9.55 Å². The van der Waals surface area contributed by atoms with Crippen LogP contribution in [0.5, 0.6) is 0 Å². The van der Waals surface area contributed by atoms with Gasteiger partial charge in [0.25, 0.3) is 5.56 Å². The SMILES string of the molecule is CC1(OC(=O)c2ccccc2)C(F)C(COC(=O)c2ccccc2)OC1n1ccc(=O)[nH]c1=S. The lowest BCUT2D eigenvalue weighted by molar-refractivity contribution is -0.102. The molecule has 0 spiro atoms. The van der Waals surface area contributed by atoms with E-state index in [0.717, 1.165) is 0 Å². The lowest BCUT2D eigenvalue weighted by Crippen LogP contribution is -2.46. The Morgan fingerprint density at radius 2 is 1.65 bits per heavy atom. The van der Waals surface area contributed by atoms with Gasteiger partial charge in [0.2, 0.25) is 0 Å². The molecule has 1 saturated heterocycles. The number of H-pyrrole nitrogens is 1. The van der Waals surface area contributed by atoms with Crippen LogP contribution >= 0.6 is 12.2 Å². The first-order valence-corrected chi connectivity index (χ1v) is 10.8. The molecule has 3 aromatic rings. The minimum Gasteiger partial charge on any atom is -0.459 e. The molecule has 4 atom stereocenters. The number of rotatable bonds is 6. The van der Waals surface area contributed by atoms with Gasteiger partial charge in [-0.2, -0.15) is 0 Å². The number of carbonyl (C=O) groups excluding carboxylic acids is 2. The number of halogens is 1. The highest BCUT2D eigenvalue weighted by molar-refractivity contribution is 7.71. The van der Waals surface area contributed by atoms with Gasteiger partial charge >= 0.3 is 11.9 Å². The monoisotopic (exact) mass is 484 g/mol. The van der Waals surface area contributed by atoms with Crippen LogP contribution in [-0.2, 0) is 14.2 Å². The third-order valence-corrected chi connectivity index (χ3v) is 5.80. The largest absolute Gasteiger partial charge is 0.459 e. The average Bonchev–Trinajstić information content (AvgIpc) is 3.08. The summed E-state index contributed by atoms with van der Waals surface area (Å²) in [6, 6.07) is 17.5. The van der Waals surface area contributed by atoms with Crippen LogP contribution in [-0.4, -0.2) is 46.0 Å². The van der Waals surface area contributed by atoms with Crippen molar-refractivity contribution in [3.63, 3.8) is 0 Å². The summed E-state index contributed by atoms with van der Waals surface area (Å²) in [6.45, 7) is 0.940. The van der Waals surface area contributed by atoms with E-state index in [-0.39, 0.29) is 10.3 Å². The number of nitrogens with zero attached hydrogens (tertiary/aromatic N) is 1. The number of aromatic amines is 1. The van der Waals surface area contributed by atoms with E-state index in [0.29, 0.717) is 5.56 Å². The van der Waals surface area contributed by atoms with Crippen LogP contribution in [0.25, 0.3) is 0 Å². The molecule has 176 valence electrons. The molecule has 34 heavy (non-hydrogen) atoms. The highest BCUT2D eigenvalue weighted by Crippen LogP contribution is 2.43. The zero-order chi connectivity index (χ0) is 24.3. The minimum absolute atomic E-state index is 0.0476. The van der Waals surface area contributed by atoms with E-state index in [2.05, 4.69) is 4.98 Å². The van der Waals surface area contributed by atoms with E-state index in [1.165, 1.54) is 35.9 Å². The highest BCUT2D eigenvalue weighted by Gasteiger charge is 2.59. The number of alkyl halides is 1. The Bertz CT molecular complexity index is 1300. The van der Waals surface area contributed by atoms with Gasteiger partial charge in [0.05, 0.1) is 11.1 Å². The van der Waals surface area contributed by atoms with Crippen molar-refractivity contribution < 1.29 is 28.2 Å². The molecule has 1 fully saturated rings. The van der Waals surface area contributed by atoms with Crippen LogP contribution in [0, 0.1) is 4.77 Å². The van der Waals surface area contributed by atoms with Gasteiger partial charge in [-0.05, 0) is 43.4 Å². The number of nitrogens with one attached hydrogen (secondary N) is 1. The maximum atomic E-state index is 15.8. The standard InChI is InChI=1S/C24H21FN2O6S/c1-24(33-21(30)16-10-6-3-7-11-16)19(25)17(14-31-20(29)15-8-4-2-5-9-15)32-22(24)27-13-12-18(28)26-23(27)34/h2-13,17,19,22H,14H2,1H3,(H,26,28,34). The predicted octanol–water partition coefficient (Wildman–Crippen LogP) is 3.61. The predicted molar refractivity (Wildman–Crippen MR) is 122 cm³/mol. The summed E-state index contributed by atoms with van der Waals surface area (Å²) in [4.78, 5) is 39.2. The minimum atomic E-state index is -1.89. The summed E-state index contributed by atoms with van der Waals surface area (Å²) < 4.78 is 33.8. The van der Waals surface area contributed by atoms with E-state index < -0.39 is 48.2 Å². The average molecular weight is 485 g/mol. The van der Waals surface area contributed by atoms with E-state index in [1.807, 2.05) is 0 Å². The van der Waals surface area contributed by atoms with E-state index in [1.54, 1.807) is 48.5 Å². The molecule has 1 aliphatic rings. The normalized spacial score (nSPS) is 23.9. The molecule has 2 aromatic carbocycles. The van der Waals surface area contributed by atoms with E-state index >= 15 is 4.39 Å². The summed E-state index contributed by atoms with van der Waals surface area (Å²) in [7, 11) is 0. The quantitative estimate of drug-likeness (QED) is 0.421. The van der Waals surface area contributed by atoms with Crippen molar-refractivity contribution >= 4 is 24.2 Å². The Hall–Kier alpha value is -3.63. The van der Waals surface area contributed by atoms with Gasteiger partial charge in [-0.3, -0.25) is 14.3 Å². The molecule has 1 aromatic heterocycles. The number of hydrogen-bond donors (Lipinski definition) is 1. The van der Waals surface area contributed by atoms with Crippen molar-refractivity contribution in [1.29, 1.82) is 0 Å². The molecule has 10 heteroatoms. The first-order chi connectivity index (χ1) is 16.3. The van der Waals surface area contributed by atoms with Crippen molar-refractivity contribution in [2.45, 2.75) is 31.0 Å². The molecule has 0 amide bonds. The topological polar surface area (TPSA) is 99.6 Å². The Balaban J connectivity index is 1.62. The highest BCUT2D eigenvalue weighted by atomic mass is 32.1. The first-order valence-electron chi connectivity index (χ1n) is 10.4. The van der Waals surface area contributed by atoms with Crippen molar-refractivity contribution in [2.24, 2.45) is 0 Å². The van der Waals surface area contributed by atoms with Gasteiger partial charge in [0.1, 0.15) is 12.7 Å². The number of benzene rings is 2. The Morgan fingerprint density at radius 3 is 2.24 bits per heavy atom. The molecule has 1 N–H and O–H groups in total. The smallest absolute Gasteiger partial charge is 0.338 e. The molecule has 4 rings (SSSR count). The molecule has 0 saturated carbocycles. The molecule has 0 aliphatic carbocycles. The van der Waals surface area contributed by atoms with E-state index in [4.69, 9.17) is 26.4 Å². The number of hydrogen-bond acceptors (Lipinski definition) is 7. The van der Waals surface area contributed by atoms with Crippen molar-refractivity contribution in [3.05, 3.63) is 99.2 Å². The zero-order valence-electron chi connectivity index (χ0n) is 18.1. The number of carbonyl (C=O) groups is 2. The molecular formula is C24H21FN2O6S. The summed E-state index contributed by atoms with van der Waals surface area (Å²) in [6.07, 6.45) is -3.06. The lowest BCUT2D eigenvalue weighted by atomic mass is 9.97. The summed E-state index contributed by atoms with van der Waals surface area (Å²) >= 11 is 5.21. The van der Waals surface area contributed by atoms with Crippen LogP contribution in [0.1, 0.15) is 33.9 Å². The second-order valence-corrected chi connectivity index (χ2v) is 8.24. The fourth-order valence-electron chi connectivity index (χ4n) is 3.71. The molecule has 0 bridgehead atoms. The maximum Gasteiger partial charge on any atom is 0.338 e. The fraction of sp³-hybridized carbons (Fsp3) is 0.250. The molecule has 8 nitrogen and oxygen atoms in total. The van der Waals surface area contributed by atoms with Gasteiger partial charge in [0.15, 0.2) is 22.8 Å². The second kappa shape index (κ2) is 9.70. The van der Waals surface area contributed by atoms with Crippen LogP contribution in [0.3, 0.4) is 0 Å². The third kappa shape index (κ3) is 4.68. The van der Waals surface area contributed by atoms with Crippen LogP contribution in [0.2, 0.25) is 0 Å². The third-order valence-electron chi connectivity index (χ3n) is 5.48. The molecule has 4 unspecified atom stereocenters. The zero-order valence-corrected chi connectivity index (χ0v) is 18.9. The van der Waals surface area contributed by atoms with Gasteiger partial charge in [-0.15, -0.1) is 0 Å². The molecular weight excluding hydrogens is 463 g/mol. The van der Waals surface area contributed by atoms with Gasteiger partial charge < -0.3 is 14.2 Å². The Kier molecular flexibility index (Phi) is 6.71. The number of aromatic nitrogens is 2. The van der Waals surface area contributed by atoms with Crippen molar-refractivity contribution in [2.75, 3.05) is 6.61 Å². The van der Waals surface area contributed by atoms with Gasteiger partial charge in [-0.1, -0.05) is 36.4 Å². The van der Waals surface area contributed by atoms with Crippen LogP contribution < -0.4 is 5.56 Å². The second-order valence-electron chi connectivity index (χ2n) is 7.85. The first kappa shape index (κ1) is 23.5. The van der Waals surface area contributed by atoms with Gasteiger partial charge in [-0.25, -0.2) is 14.0 Å². The number of ether oxygens (including phenoxy) is 3. The summed E-state index contributed by atoms with van der Waals surface area (Å²) in [5.74, 6) is -1.42.